The van der Waals surface area contributed by atoms with Crippen molar-refractivity contribution in [1.29, 1.82) is 0 Å². The third-order valence-corrected chi connectivity index (χ3v) is 3.03. The van der Waals surface area contributed by atoms with Gasteiger partial charge in [-0.25, -0.2) is 4.98 Å². The van der Waals surface area contributed by atoms with Crippen molar-refractivity contribution in [2.24, 2.45) is 0 Å². The number of H-pyrrole nitrogens is 1. The molecule has 0 aliphatic heterocycles. The summed E-state index contributed by atoms with van der Waals surface area (Å²) < 4.78 is 0. The first-order valence-corrected chi connectivity index (χ1v) is 7.10. The maximum absolute atomic E-state index is 5.95. The van der Waals surface area contributed by atoms with Gasteiger partial charge in [-0.15, -0.1) is 0 Å². The third-order valence-electron chi connectivity index (χ3n) is 2.86. The lowest BCUT2D eigenvalue weighted by molar-refractivity contribution is -0.378. The molecule has 0 radical (unpaired) electrons. The number of para-hydroxylation sites is 1. The van der Waals surface area contributed by atoms with Gasteiger partial charge in [0.2, 0.25) is 17.2 Å². The molecule has 0 bridgehead atoms. The second kappa shape index (κ2) is 6.82. The number of rotatable bonds is 5. The van der Waals surface area contributed by atoms with E-state index in [4.69, 9.17) is 11.6 Å². The van der Waals surface area contributed by atoms with Gasteiger partial charge in [-0.2, -0.15) is 15.0 Å². The van der Waals surface area contributed by atoms with E-state index >= 15 is 0 Å². The van der Waals surface area contributed by atoms with Crippen LogP contribution in [0.1, 0.15) is 5.56 Å². The SMILES string of the molecule is Clc1nc(NCc2ccc[nH+]c2)nc(Nc2ccccc2)n1. The molecule has 2 heterocycles. The number of nitrogens with one attached hydrogen (secondary N) is 3. The molecule has 2 aromatic heterocycles. The van der Waals surface area contributed by atoms with Gasteiger partial charge in [0.05, 0.1) is 0 Å². The standard InChI is InChI=1S/C15H13ClN6/c16-13-20-14(18-10-11-5-4-8-17-9-11)22-15(21-13)19-12-6-2-1-3-7-12/h1-9H,10H2,(H2,18,19,20,21,22)/p+1. The number of benzene rings is 1. The molecule has 22 heavy (non-hydrogen) atoms. The molecule has 7 heteroatoms. The molecule has 0 spiro atoms. The highest BCUT2D eigenvalue weighted by molar-refractivity contribution is 6.28. The second-order valence-corrected chi connectivity index (χ2v) is 4.85. The number of anilines is 3. The number of nitrogens with zero attached hydrogens (tertiary/aromatic N) is 3. The molecule has 6 nitrogen and oxygen atoms in total. The van der Waals surface area contributed by atoms with Crippen molar-refractivity contribution in [2.75, 3.05) is 10.6 Å². The molecule has 3 aromatic rings. The molecule has 0 fully saturated rings. The van der Waals surface area contributed by atoms with Gasteiger partial charge in [-0.3, -0.25) is 0 Å². The van der Waals surface area contributed by atoms with Gasteiger partial charge in [0.15, 0.2) is 12.4 Å². The van der Waals surface area contributed by atoms with Crippen molar-refractivity contribution in [3.63, 3.8) is 0 Å². The van der Waals surface area contributed by atoms with Crippen LogP contribution in [-0.4, -0.2) is 15.0 Å². The summed E-state index contributed by atoms with van der Waals surface area (Å²) in [4.78, 5) is 15.5. The van der Waals surface area contributed by atoms with Crippen LogP contribution in [0.3, 0.4) is 0 Å². The van der Waals surface area contributed by atoms with E-state index in [1.165, 1.54) is 0 Å². The van der Waals surface area contributed by atoms with Crippen molar-refractivity contribution in [3.05, 3.63) is 65.7 Å². The first kappa shape index (κ1) is 14.2. The van der Waals surface area contributed by atoms with Crippen LogP contribution in [0.15, 0.2) is 54.9 Å². The van der Waals surface area contributed by atoms with Crippen molar-refractivity contribution in [2.45, 2.75) is 6.54 Å². The largest absolute Gasteiger partial charge is 0.350 e. The quantitative estimate of drug-likeness (QED) is 0.757. The van der Waals surface area contributed by atoms with Crippen LogP contribution < -0.4 is 15.6 Å². The zero-order valence-corrected chi connectivity index (χ0v) is 12.4. The van der Waals surface area contributed by atoms with E-state index in [9.17, 15) is 0 Å². The highest BCUT2D eigenvalue weighted by atomic mass is 35.5. The molecule has 0 aliphatic carbocycles. The van der Waals surface area contributed by atoms with Gasteiger partial charge in [0.25, 0.3) is 0 Å². The zero-order chi connectivity index (χ0) is 15.2. The van der Waals surface area contributed by atoms with Crippen molar-refractivity contribution in [1.82, 2.24) is 15.0 Å². The van der Waals surface area contributed by atoms with E-state index < -0.39 is 0 Å². The van der Waals surface area contributed by atoms with Crippen molar-refractivity contribution in [3.8, 4) is 0 Å². The average Bonchev–Trinajstić information content (AvgIpc) is 2.54. The second-order valence-electron chi connectivity index (χ2n) is 4.51. The number of halogens is 1. The summed E-state index contributed by atoms with van der Waals surface area (Å²) in [5.41, 5.74) is 1.96. The molecule has 3 rings (SSSR count). The Morgan fingerprint density at radius 2 is 1.77 bits per heavy atom. The molecule has 0 amide bonds. The van der Waals surface area contributed by atoms with Gasteiger partial charge in [0.1, 0.15) is 0 Å². The van der Waals surface area contributed by atoms with E-state index in [0.717, 1.165) is 11.3 Å². The predicted octanol–water partition coefficient (Wildman–Crippen LogP) is 2.69. The number of hydrogen-bond acceptors (Lipinski definition) is 5. The molecule has 0 aliphatic rings. The van der Waals surface area contributed by atoms with Crippen molar-refractivity contribution < 1.29 is 4.98 Å². The normalized spacial score (nSPS) is 10.2. The van der Waals surface area contributed by atoms with Gasteiger partial charge < -0.3 is 10.6 Å². The summed E-state index contributed by atoms with van der Waals surface area (Å²) in [6.07, 6.45) is 3.75. The Morgan fingerprint density at radius 3 is 2.55 bits per heavy atom. The van der Waals surface area contributed by atoms with Crippen LogP contribution in [0.4, 0.5) is 17.6 Å². The number of hydrogen-bond donors (Lipinski definition) is 2. The Bertz CT molecular complexity index is 736. The lowest BCUT2D eigenvalue weighted by Gasteiger charge is -2.07. The van der Waals surface area contributed by atoms with Gasteiger partial charge in [-0.05, 0) is 29.8 Å². The molecule has 0 unspecified atom stereocenters. The number of aromatic amines is 1. The predicted molar refractivity (Wildman–Crippen MR) is 84.9 cm³/mol. The highest BCUT2D eigenvalue weighted by Crippen LogP contribution is 2.15. The maximum atomic E-state index is 5.95. The fraction of sp³-hybridized carbons (Fsp3) is 0.0667. The third kappa shape index (κ3) is 3.89. The molecule has 3 N–H and O–H groups in total. The first-order valence-electron chi connectivity index (χ1n) is 6.72. The van der Waals surface area contributed by atoms with Crippen molar-refractivity contribution >= 4 is 29.2 Å². The maximum Gasteiger partial charge on any atom is 0.233 e. The minimum absolute atomic E-state index is 0.135. The van der Waals surface area contributed by atoms with Crippen LogP contribution in [0.2, 0.25) is 5.28 Å². The molecule has 0 saturated carbocycles. The van der Waals surface area contributed by atoms with Crippen LogP contribution in [0.25, 0.3) is 0 Å². The Morgan fingerprint density at radius 1 is 0.955 bits per heavy atom. The highest BCUT2D eigenvalue weighted by Gasteiger charge is 2.06. The minimum Gasteiger partial charge on any atom is -0.350 e. The summed E-state index contributed by atoms with van der Waals surface area (Å²) in [5, 5.41) is 6.35. The Labute approximate surface area is 132 Å². The van der Waals surface area contributed by atoms with Crippen LogP contribution in [0.5, 0.6) is 0 Å². The molecular weight excluding hydrogens is 300 g/mol. The average molecular weight is 314 g/mol. The summed E-state index contributed by atoms with van der Waals surface area (Å²) in [6, 6.07) is 13.6. The Kier molecular flexibility index (Phi) is 4.41. The first-order chi connectivity index (χ1) is 10.8. The van der Waals surface area contributed by atoms with E-state index in [1.54, 1.807) is 0 Å². The molecular formula is C15H14ClN6+. The lowest BCUT2D eigenvalue weighted by Crippen LogP contribution is -2.09. The van der Waals surface area contributed by atoms with Crippen LogP contribution >= 0.6 is 11.6 Å². The van der Waals surface area contributed by atoms with E-state index in [1.807, 2.05) is 54.9 Å². The summed E-state index contributed by atoms with van der Waals surface area (Å²) in [6.45, 7) is 0.586. The lowest BCUT2D eigenvalue weighted by atomic mass is 10.3. The van der Waals surface area contributed by atoms with Crippen LogP contribution in [-0.2, 0) is 6.54 Å². The molecule has 0 saturated heterocycles. The summed E-state index contributed by atoms with van der Waals surface area (Å²) in [5.74, 6) is 0.815. The Hall–Kier alpha value is -2.73. The summed E-state index contributed by atoms with van der Waals surface area (Å²) >= 11 is 5.95. The topological polar surface area (TPSA) is 76.9 Å². The summed E-state index contributed by atoms with van der Waals surface area (Å²) in [7, 11) is 0. The van der Waals surface area contributed by atoms with E-state index in [0.29, 0.717) is 18.4 Å². The number of pyridine rings is 1. The Balaban J connectivity index is 1.72. The number of aromatic nitrogens is 4. The zero-order valence-electron chi connectivity index (χ0n) is 11.6. The van der Waals surface area contributed by atoms with Gasteiger partial charge in [-0.1, -0.05) is 18.2 Å². The van der Waals surface area contributed by atoms with Crippen LogP contribution in [0, 0.1) is 0 Å². The minimum atomic E-state index is 0.135. The smallest absolute Gasteiger partial charge is 0.233 e. The molecule has 110 valence electrons. The molecule has 0 atom stereocenters. The fourth-order valence-electron chi connectivity index (χ4n) is 1.86. The fourth-order valence-corrected chi connectivity index (χ4v) is 2.02. The van der Waals surface area contributed by atoms with Gasteiger partial charge in [0, 0.05) is 23.9 Å². The molecule has 1 aromatic carbocycles. The van der Waals surface area contributed by atoms with E-state index in [2.05, 4.69) is 30.6 Å². The monoisotopic (exact) mass is 313 g/mol. The van der Waals surface area contributed by atoms with Gasteiger partial charge >= 0.3 is 0 Å². The van der Waals surface area contributed by atoms with E-state index in [-0.39, 0.29) is 5.28 Å².